The summed E-state index contributed by atoms with van der Waals surface area (Å²) in [4.78, 5) is 10.6. The van der Waals surface area contributed by atoms with E-state index in [0.29, 0.717) is 13.0 Å². The van der Waals surface area contributed by atoms with E-state index in [9.17, 15) is 4.79 Å². The Balaban J connectivity index is 2.57. The van der Waals surface area contributed by atoms with E-state index < -0.39 is 12.0 Å². The van der Waals surface area contributed by atoms with Crippen LogP contribution in [0, 0.1) is 0 Å². The van der Waals surface area contributed by atoms with Crippen LogP contribution in [0.25, 0.3) is 0 Å². The molecule has 0 aromatic heterocycles. The molecule has 1 aromatic rings. The van der Waals surface area contributed by atoms with Crippen LogP contribution in [0.4, 0.5) is 5.69 Å². The van der Waals surface area contributed by atoms with Crippen molar-refractivity contribution in [2.45, 2.75) is 19.4 Å². The summed E-state index contributed by atoms with van der Waals surface area (Å²) in [7, 11) is 0. The van der Waals surface area contributed by atoms with Gasteiger partial charge in [-0.25, -0.2) is 0 Å². The van der Waals surface area contributed by atoms with Gasteiger partial charge >= 0.3 is 5.97 Å². The molecule has 0 amide bonds. The molecule has 0 aliphatic carbocycles. The molecule has 1 unspecified atom stereocenters. The smallest absolute Gasteiger partial charge is 0.320 e. The van der Waals surface area contributed by atoms with E-state index in [0.717, 1.165) is 16.8 Å². The summed E-state index contributed by atoms with van der Waals surface area (Å²) in [6.45, 7) is 6.20. The Labute approximate surface area is 107 Å². The SMILES string of the molecule is C=C=C(C)CNc1ccc(CC(N)C(=O)O)cc1. The van der Waals surface area contributed by atoms with Gasteiger partial charge in [-0.15, -0.1) is 5.73 Å². The fourth-order valence-corrected chi connectivity index (χ4v) is 1.40. The second-order valence-corrected chi connectivity index (χ2v) is 4.16. The molecule has 4 N–H and O–H groups in total. The predicted molar refractivity (Wildman–Crippen MR) is 72.6 cm³/mol. The summed E-state index contributed by atoms with van der Waals surface area (Å²) in [6.07, 6.45) is 0.335. The molecule has 0 bridgehead atoms. The molecule has 96 valence electrons. The summed E-state index contributed by atoms with van der Waals surface area (Å²) in [5, 5.41) is 11.9. The van der Waals surface area contributed by atoms with Gasteiger partial charge in [0.2, 0.25) is 0 Å². The number of rotatable bonds is 6. The Morgan fingerprint density at radius 2 is 2.11 bits per heavy atom. The van der Waals surface area contributed by atoms with Crippen molar-refractivity contribution in [3.8, 4) is 0 Å². The predicted octanol–water partition coefficient (Wildman–Crippen LogP) is 1.78. The zero-order valence-electron chi connectivity index (χ0n) is 10.4. The molecule has 0 aliphatic heterocycles. The second kappa shape index (κ2) is 6.64. The second-order valence-electron chi connectivity index (χ2n) is 4.16. The first-order valence-electron chi connectivity index (χ1n) is 5.69. The number of hydrogen-bond acceptors (Lipinski definition) is 3. The maximum absolute atomic E-state index is 10.6. The van der Waals surface area contributed by atoms with Crippen LogP contribution in [0.2, 0.25) is 0 Å². The normalized spacial score (nSPS) is 11.4. The van der Waals surface area contributed by atoms with Crippen LogP contribution in [-0.2, 0) is 11.2 Å². The third-order valence-corrected chi connectivity index (χ3v) is 2.59. The lowest BCUT2D eigenvalue weighted by Gasteiger charge is -2.09. The average Bonchev–Trinajstić information content (AvgIpc) is 2.37. The lowest BCUT2D eigenvalue weighted by molar-refractivity contribution is -0.138. The van der Waals surface area contributed by atoms with Crippen LogP contribution < -0.4 is 11.1 Å². The number of nitrogens with two attached hydrogens (primary N) is 1. The highest BCUT2D eigenvalue weighted by Crippen LogP contribution is 2.11. The lowest BCUT2D eigenvalue weighted by Crippen LogP contribution is -2.32. The van der Waals surface area contributed by atoms with Gasteiger partial charge in [-0.05, 0) is 36.6 Å². The van der Waals surface area contributed by atoms with Crippen LogP contribution >= 0.6 is 0 Å². The molecular weight excluding hydrogens is 228 g/mol. The highest BCUT2D eigenvalue weighted by molar-refractivity contribution is 5.73. The van der Waals surface area contributed by atoms with Gasteiger partial charge in [-0.1, -0.05) is 18.7 Å². The Kier molecular flexibility index (Phi) is 5.18. The zero-order valence-corrected chi connectivity index (χ0v) is 10.4. The van der Waals surface area contributed by atoms with Crippen molar-refractivity contribution in [1.82, 2.24) is 0 Å². The van der Waals surface area contributed by atoms with Crippen molar-refractivity contribution in [2.75, 3.05) is 11.9 Å². The first kappa shape index (κ1) is 14.0. The fourth-order valence-electron chi connectivity index (χ4n) is 1.40. The van der Waals surface area contributed by atoms with Gasteiger partial charge < -0.3 is 16.2 Å². The molecule has 0 spiro atoms. The maximum Gasteiger partial charge on any atom is 0.320 e. The molecule has 1 aromatic carbocycles. The number of carboxylic acid groups (broad SMARTS) is 1. The summed E-state index contributed by atoms with van der Waals surface area (Å²) in [5.41, 5.74) is 11.2. The summed E-state index contributed by atoms with van der Waals surface area (Å²) in [5.74, 6) is -0.982. The Bertz CT molecular complexity index is 459. The van der Waals surface area contributed by atoms with Crippen molar-refractivity contribution in [3.05, 3.63) is 47.7 Å². The monoisotopic (exact) mass is 246 g/mol. The molecule has 4 heteroatoms. The maximum atomic E-state index is 10.6. The summed E-state index contributed by atoms with van der Waals surface area (Å²) in [6, 6.07) is 6.70. The quantitative estimate of drug-likeness (QED) is 0.669. The van der Waals surface area contributed by atoms with Gasteiger partial charge in [0.15, 0.2) is 0 Å². The number of aliphatic carboxylic acids is 1. The molecular formula is C14H18N2O2. The van der Waals surface area contributed by atoms with Gasteiger partial charge in [-0.3, -0.25) is 4.79 Å². The van der Waals surface area contributed by atoms with Gasteiger partial charge in [0, 0.05) is 12.2 Å². The third-order valence-electron chi connectivity index (χ3n) is 2.59. The van der Waals surface area contributed by atoms with Crippen molar-refractivity contribution < 1.29 is 9.90 Å². The van der Waals surface area contributed by atoms with Gasteiger partial charge in [0.05, 0.1) is 0 Å². The number of hydrogen-bond donors (Lipinski definition) is 3. The van der Waals surface area contributed by atoms with Crippen molar-refractivity contribution in [2.24, 2.45) is 5.73 Å². The fraction of sp³-hybridized carbons (Fsp3) is 0.286. The molecule has 0 radical (unpaired) electrons. The largest absolute Gasteiger partial charge is 0.480 e. The molecule has 0 heterocycles. The molecule has 0 aliphatic rings. The van der Waals surface area contributed by atoms with Crippen LogP contribution in [0.1, 0.15) is 12.5 Å². The van der Waals surface area contributed by atoms with Gasteiger partial charge in [-0.2, -0.15) is 0 Å². The van der Waals surface area contributed by atoms with E-state index in [-0.39, 0.29) is 0 Å². The lowest BCUT2D eigenvalue weighted by atomic mass is 10.1. The van der Waals surface area contributed by atoms with Crippen LogP contribution in [0.3, 0.4) is 0 Å². The van der Waals surface area contributed by atoms with E-state index in [2.05, 4.69) is 17.6 Å². The molecule has 1 rings (SSSR count). The highest BCUT2D eigenvalue weighted by Gasteiger charge is 2.11. The Morgan fingerprint density at radius 3 is 2.61 bits per heavy atom. The number of anilines is 1. The topological polar surface area (TPSA) is 75.3 Å². The summed E-state index contributed by atoms with van der Waals surface area (Å²) < 4.78 is 0. The van der Waals surface area contributed by atoms with E-state index in [1.807, 2.05) is 31.2 Å². The third kappa shape index (κ3) is 4.45. The van der Waals surface area contributed by atoms with E-state index in [4.69, 9.17) is 10.8 Å². The van der Waals surface area contributed by atoms with Crippen LogP contribution in [0.15, 0.2) is 42.1 Å². The standard InChI is InChI=1S/C14H18N2O2/c1-3-10(2)9-16-12-6-4-11(5-7-12)8-13(15)14(17)18/h4-7,13,16H,1,8-9,15H2,2H3,(H,17,18). The number of benzene rings is 1. The average molecular weight is 246 g/mol. The molecule has 4 nitrogen and oxygen atoms in total. The Morgan fingerprint density at radius 1 is 1.50 bits per heavy atom. The first-order valence-corrected chi connectivity index (χ1v) is 5.69. The molecule has 0 saturated heterocycles. The minimum absolute atomic E-state index is 0.335. The van der Waals surface area contributed by atoms with Crippen LogP contribution in [-0.4, -0.2) is 23.7 Å². The van der Waals surface area contributed by atoms with Gasteiger partial charge in [0.25, 0.3) is 0 Å². The van der Waals surface area contributed by atoms with Crippen molar-refractivity contribution >= 4 is 11.7 Å². The molecule has 0 saturated carbocycles. The van der Waals surface area contributed by atoms with E-state index in [1.165, 1.54) is 0 Å². The zero-order chi connectivity index (χ0) is 13.5. The molecule has 18 heavy (non-hydrogen) atoms. The minimum atomic E-state index is -0.982. The van der Waals surface area contributed by atoms with Gasteiger partial charge in [0.1, 0.15) is 6.04 Å². The number of carboxylic acids is 1. The first-order chi connectivity index (χ1) is 8.52. The van der Waals surface area contributed by atoms with E-state index >= 15 is 0 Å². The van der Waals surface area contributed by atoms with Crippen molar-refractivity contribution in [1.29, 1.82) is 0 Å². The number of nitrogens with one attached hydrogen (secondary N) is 1. The van der Waals surface area contributed by atoms with E-state index in [1.54, 1.807) is 0 Å². The van der Waals surface area contributed by atoms with Crippen LogP contribution in [0.5, 0.6) is 0 Å². The van der Waals surface area contributed by atoms with Crippen molar-refractivity contribution in [3.63, 3.8) is 0 Å². The minimum Gasteiger partial charge on any atom is -0.480 e. The molecule has 0 fully saturated rings. The molecule has 1 atom stereocenters. The summed E-state index contributed by atoms with van der Waals surface area (Å²) >= 11 is 0. The Hall–Kier alpha value is -2.03. The number of carbonyl (C=O) groups is 1. The highest BCUT2D eigenvalue weighted by atomic mass is 16.4.